The molecular weight excluding hydrogens is 166 g/mol. The Bertz CT molecular complexity index is 211. The van der Waals surface area contributed by atoms with Gasteiger partial charge in [-0.15, -0.1) is 0 Å². The zero-order valence-electron chi connectivity index (χ0n) is 7.95. The second-order valence-corrected chi connectivity index (χ2v) is 3.33. The van der Waals surface area contributed by atoms with Crippen molar-refractivity contribution in [3.05, 3.63) is 18.2 Å². The smallest absolute Gasteiger partial charge is 0.0922 e. The largest absolute Gasteiger partial charge is 0.396 e. The minimum absolute atomic E-state index is 0.271. The first kappa shape index (κ1) is 10.2. The van der Waals surface area contributed by atoms with E-state index in [1.165, 1.54) is 0 Å². The Hall–Kier alpha value is -0.870. The third-order valence-electron chi connectivity index (χ3n) is 1.99. The number of nitrogens with one attached hydrogen (secondary N) is 2. The van der Waals surface area contributed by atoms with Gasteiger partial charge in [0.15, 0.2) is 0 Å². The lowest BCUT2D eigenvalue weighted by Gasteiger charge is -2.09. The summed E-state index contributed by atoms with van der Waals surface area (Å²) in [4.78, 5) is 6.94. The molecule has 0 aromatic carbocycles. The molecule has 1 aromatic heterocycles. The second-order valence-electron chi connectivity index (χ2n) is 3.33. The van der Waals surface area contributed by atoms with E-state index in [1.807, 2.05) is 6.20 Å². The maximum absolute atomic E-state index is 8.68. The number of hydrogen-bond acceptors (Lipinski definition) is 3. The van der Waals surface area contributed by atoms with Crippen molar-refractivity contribution in [1.82, 2.24) is 15.3 Å². The number of aliphatic hydroxyl groups excluding tert-OH is 1. The summed E-state index contributed by atoms with van der Waals surface area (Å²) in [6, 6.07) is 0. The standard InChI is InChI=1S/C9H17N3O/c1-8(2-3-13)4-10-5-9-6-11-7-12-9/h6-8,10,13H,2-5H2,1H3,(H,11,12). The van der Waals surface area contributed by atoms with Gasteiger partial charge in [0, 0.05) is 25.0 Å². The number of nitrogens with zero attached hydrogens (tertiary/aromatic N) is 1. The highest BCUT2D eigenvalue weighted by molar-refractivity contribution is 4.92. The predicted octanol–water partition coefficient (Wildman–Crippen LogP) is 0.518. The third-order valence-corrected chi connectivity index (χ3v) is 1.99. The average Bonchev–Trinajstić information content (AvgIpc) is 2.57. The number of H-pyrrole nitrogens is 1. The number of imidazole rings is 1. The maximum Gasteiger partial charge on any atom is 0.0922 e. The second kappa shape index (κ2) is 5.72. The topological polar surface area (TPSA) is 60.9 Å². The fraction of sp³-hybridized carbons (Fsp3) is 0.667. The van der Waals surface area contributed by atoms with Gasteiger partial charge < -0.3 is 15.4 Å². The number of aromatic nitrogens is 2. The number of aliphatic hydroxyl groups is 1. The molecule has 0 spiro atoms. The molecule has 0 saturated heterocycles. The van der Waals surface area contributed by atoms with Crippen molar-refractivity contribution in [2.75, 3.05) is 13.2 Å². The first-order valence-corrected chi connectivity index (χ1v) is 4.61. The molecule has 4 nitrogen and oxygen atoms in total. The van der Waals surface area contributed by atoms with Gasteiger partial charge in [0.25, 0.3) is 0 Å². The van der Waals surface area contributed by atoms with E-state index in [-0.39, 0.29) is 6.61 Å². The van der Waals surface area contributed by atoms with Crippen molar-refractivity contribution in [3.8, 4) is 0 Å². The van der Waals surface area contributed by atoms with Crippen LogP contribution >= 0.6 is 0 Å². The van der Waals surface area contributed by atoms with Crippen molar-refractivity contribution < 1.29 is 5.11 Å². The lowest BCUT2D eigenvalue weighted by Crippen LogP contribution is -2.21. The first-order chi connectivity index (χ1) is 6.33. The molecule has 13 heavy (non-hydrogen) atoms. The molecular formula is C9H17N3O. The lowest BCUT2D eigenvalue weighted by atomic mass is 10.1. The Morgan fingerprint density at radius 1 is 1.69 bits per heavy atom. The molecule has 1 unspecified atom stereocenters. The fourth-order valence-corrected chi connectivity index (χ4v) is 1.16. The van der Waals surface area contributed by atoms with Crippen molar-refractivity contribution in [1.29, 1.82) is 0 Å². The minimum Gasteiger partial charge on any atom is -0.396 e. The van der Waals surface area contributed by atoms with Gasteiger partial charge in [0.05, 0.1) is 6.33 Å². The summed E-state index contributed by atoms with van der Waals surface area (Å²) in [7, 11) is 0. The van der Waals surface area contributed by atoms with Crippen LogP contribution in [0.15, 0.2) is 12.5 Å². The lowest BCUT2D eigenvalue weighted by molar-refractivity contribution is 0.260. The van der Waals surface area contributed by atoms with E-state index >= 15 is 0 Å². The first-order valence-electron chi connectivity index (χ1n) is 4.61. The average molecular weight is 183 g/mol. The van der Waals surface area contributed by atoms with Gasteiger partial charge in [-0.05, 0) is 18.9 Å². The van der Waals surface area contributed by atoms with Crippen molar-refractivity contribution in [2.45, 2.75) is 19.9 Å². The molecule has 1 aromatic rings. The Morgan fingerprint density at radius 3 is 3.15 bits per heavy atom. The molecule has 0 radical (unpaired) electrons. The van der Waals surface area contributed by atoms with Crippen LogP contribution in [-0.4, -0.2) is 28.2 Å². The van der Waals surface area contributed by atoms with Crippen LogP contribution in [0.1, 0.15) is 19.0 Å². The van der Waals surface area contributed by atoms with Crippen LogP contribution in [0, 0.1) is 5.92 Å². The summed E-state index contributed by atoms with van der Waals surface area (Å²) < 4.78 is 0. The molecule has 0 aliphatic rings. The number of hydrogen-bond donors (Lipinski definition) is 3. The summed E-state index contributed by atoms with van der Waals surface area (Å²) in [5.74, 6) is 0.521. The van der Waals surface area contributed by atoms with Gasteiger partial charge >= 0.3 is 0 Å². The number of aromatic amines is 1. The molecule has 74 valence electrons. The molecule has 0 fully saturated rings. The SMILES string of the molecule is CC(CCO)CNCc1cnc[nH]1. The molecule has 4 heteroatoms. The van der Waals surface area contributed by atoms with E-state index in [1.54, 1.807) is 6.33 Å². The molecule has 0 aliphatic heterocycles. The monoisotopic (exact) mass is 183 g/mol. The van der Waals surface area contributed by atoms with Gasteiger partial charge in [0.2, 0.25) is 0 Å². The van der Waals surface area contributed by atoms with Gasteiger partial charge in [-0.3, -0.25) is 0 Å². The van der Waals surface area contributed by atoms with Crippen LogP contribution in [0.2, 0.25) is 0 Å². The minimum atomic E-state index is 0.271. The van der Waals surface area contributed by atoms with Gasteiger partial charge in [-0.2, -0.15) is 0 Å². The Morgan fingerprint density at radius 2 is 2.54 bits per heavy atom. The third kappa shape index (κ3) is 4.05. The molecule has 0 aliphatic carbocycles. The molecule has 1 heterocycles. The van der Waals surface area contributed by atoms with E-state index in [9.17, 15) is 0 Å². The van der Waals surface area contributed by atoms with Crippen LogP contribution in [0.5, 0.6) is 0 Å². The quantitative estimate of drug-likeness (QED) is 0.602. The molecule has 0 saturated carbocycles. The zero-order chi connectivity index (χ0) is 9.52. The van der Waals surface area contributed by atoms with E-state index in [0.29, 0.717) is 5.92 Å². The Kier molecular flexibility index (Phi) is 4.49. The molecule has 3 N–H and O–H groups in total. The van der Waals surface area contributed by atoms with Crippen molar-refractivity contribution in [3.63, 3.8) is 0 Å². The maximum atomic E-state index is 8.68. The van der Waals surface area contributed by atoms with Crippen LogP contribution in [0.25, 0.3) is 0 Å². The van der Waals surface area contributed by atoms with Crippen LogP contribution < -0.4 is 5.32 Å². The zero-order valence-corrected chi connectivity index (χ0v) is 7.95. The van der Waals surface area contributed by atoms with E-state index in [0.717, 1.165) is 25.2 Å². The molecule has 1 atom stereocenters. The Balaban J connectivity index is 2.07. The van der Waals surface area contributed by atoms with Crippen molar-refractivity contribution in [2.24, 2.45) is 5.92 Å². The summed E-state index contributed by atoms with van der Waals surface area (Å²) in [5, 5.41) is 12.0. The highest BCUT2D eigenvalue weighted by Gasteiger charge is 2.00. The highest BCUT2D eigenvalue weighted by Crippen LogP contribution is 1.98. The van der Waals surface area contributed by atoms with Gasteiger partial charge in [-0.25, -0.2) is 4.98 Å². The summed E-state index contributed by atoms with van der Waals surface area (Å²) in [5.41, 5.74) is 1.09. The predicted molar refractivity (Wildman–Crippen MR) is 51.2 cm³/mol. The van der Waals surface area contributed by atoms with E-state index in [2.05, 4.69) is 22.2 Å². The van der Waals surface area contributed by atoms with Crippen LogP contribution in [0.4, 0.5) is 0 Å². The fourth-order valence-electron chi connectivity index (χ4n) is 1.16. The molecule has 0 bridgehead atoms. The summed E-state index contributed by atoms with van der Waals surface area (Å²) in [6.07, 6.45) is 4.34. The summed E-state index contributed by atoms with van der Waals surface area (Å²) >= 11 is 0. The van der Waals surface area contributed by atoms with Gasteiger partial charge in [-0.1, -0.05) is 6.92 Å². The number of rotatable bonds is 6. The van der Waals surface area contributed by atoms with Gasteiger partial charge in [0.1, 0.15) is 0 Å². The molecule has 1 rings (SSSR count). The summed E-state index contributed by atoms with van der Waals surface area (Å²) in [6.45, 7) is 4.14. The van der Waals surface area contributed by atoms with Crippen molar-refractivity contribution >= 4 is 0 Å². The highest BCUT2D eigenvalue weighted by atomic mass is 16.3. The van der Waals surface area contributed by atoms with E-state index in [4.69, 9.17) is 5.11 Å². The van der Waals surface area contributed by atoms with Crippen LogP contribution in [-0.2, 0) is 6.54 Å². The van der Waals surface area contributed by atoms with Crippen LogP contribution in [0.3, 0.4) is 0 Å². The molecule has 0 amide bonds. The Labute approximate surface area is 78.4 Å². The normalized spacial score (nSPS) is 13.1. The van der Waals surface area contributed by atoms with E-state index < -0.39 is 0 Å².